The highest BCUT2D eigenvalue weighted by Crippen LogP contribution is 2.34. The molecule has 164 valence electrons. The van der Waals surface area contributed by atoms with Crippen LogP contribution in [0, 0.1) is 0 Å². The van der Waals surface area contributed by atoms with Gasteiger partial charge in [0.2, 0.25) is 5.91 Å². The van der Waals surface area contributed by atoms with Gasteiger partial charge in [-0.15, -0.1) is 0 Å². The number of ketones is 1. The number of benzene rings is 2. The number of halogens is 2. The fourth-order valence-electron chi connectivity index (χ4n) is 2.98. The third-order valence-electron chi connectivity index (χ3n) is 4.62. The molecule has 0 aliphatic heterocycles. The molecule has 0 saturated heterocycles. The summed E-state index contributed by atoms with van der Waals surface area (Å²) in [7, 11) is 0. The van der Waals surface area contributed by atoms with Gasteiger partial charge in [0.1, 0.15) is 17.3 Å². The Morgan fingerprint density at radius 3 is 2.36 bits per heavy atom. The van der Waals surface area contributed by atoms with Gasteiger partial charge < -0.3 is 14.2 Å². The Hall–Kier alpha value is -3.80. The van der Waals surface area contributed by atoms with E-state index in [1.807, 2.05) is 0 Å². The van der Waals surface area contributed by atoms with Crippen molar-refractivity contribution in [3.05, 3.63) is 112 Å². The molecular formula is C26H17Cl2NO4. The predicted molar refractivity (Wildman–Crippen MR) is 130 cm³/mol. The maximum Gasteiger partial charge on any atom is 0.248 e. The standard InChI is InChI=1S/C26H17Cl2NO4/c27-22-5-1-4-21(26(22)28)24-14-11-20(33-24)10-13-23(30)17-6-8-18(9-7-17)29-25(31)15-12-19-3-2-16-32-19/h1-16H,(H,29,31)/b13-10+,15-12+. The highest BCUT2D eigenvalue weighted by atomic mass is 35.5. The Morgan fingerprint density at radius 2 is 1.61 bits per heavy atom. The number of furan rings is 2. The Bertz CT molecular complexity index is 1330. The second-order valence-corrected chi connectivity index (χ2v) is 7.70. The Morgan fingerprint density at radius 1 is 0.818 bits per heavy atom. The Labute approximate surface area is 199 Å². The van der Waals surface area contributed by atoms with Gasteiger partial charge in [-0.05, 0) is 78.9 Å². The number of amides is 1. The van der Waals surface area contributed by atoms with E-state index in [0.29, 0.717) is 44.1 Å². The van der Waals surface area contributed by atoms with Crippen molar-refractivity contribution < 1.29 is 18.4 Å². The van der Waals surface area contributed by atoms with Crippen molar-refractivity contribution in [3.8, 4) is 11.3 Å². The topological polar surface area (TPSA) is 72.5 Å². The van der Waals surface area contributed by atoms with Crippen LogP contribution in [0.1, 0.15) is 21.9 Å². The molecule has 2 aromatic heterocycles. The number of carbonyl (C=O) groups excluding carboxylic acids is 2. The number of carbonyl (C=O) groups is 2. The average molecular weight is 478 g/mol. The van der Waals surface area contributed by atoms with Crippen LogP contribution in [0.4, 0.5) is 5.69 Å². The van der Waals surface area contributed by atoms with Crippen LogP contribution in [0.5, 0.6) is 0 Å². The Balaban J connectivity index is 1.37. The zero-order valence-corrected chi connectivity index (χ0v) is 18.6. The first kappa shape index (κ1) is 22.4. The van der Waals surface area contributed by atoms with Crippen LogP contribution in [0.15, 0.2) is 94.0 Å². The number of anilines is 1. The number of rotatable bonds is 7. The zero-order valence-electron chi connectivity index (χ0n) is 17.1. The number of nitrogens with one attached hydrogen (secondary N) is 1. The van der Waals surface area contributed by atoms with Gasteiger partial charge in [-0.1, -0.05) is 29.3 Å². The molecule has 33 heavy (non-hydrogen) atoms. The van der Waals surface area contributed by atoms with Crippen molar-refractivity contribution in [1.82, 2.24) is 0 Å². The molecule has 0 aliphatic carbocycles. The molecule has 0 spiro atoms. The molecule has 0 bridgehead atoms. The van der Waals surface area contributed by atoms with E-state index in [0.717, 1.165) is 0 Å². The van der Waals surface area contributed by atoms with E-state index in [4.69, 9.17) is 32.0 Å². The van der Waals surface area contributed by atoms with Crippen molar-refractivity contribution in [2.75, 3.05) is 5.32 Å². The number of allylic oxidation sites excluding steroid dienone is 1. The molecular weight excluding hydrogens is 461 g/mol. The van der Waals surface area contributed by atoms with E-state index >= 15 is 0 Å². The lowest BCUT2D eigenvalue weighted by atomic mass is 10.1. The summed E-state index contributed by atoms with van der Waals surface area (Å²) in [6, 6.07) is 18.9. The quantitative estimate of drug-likeness (QED) is 0.222. The van der Waals surface area contributed by atoms with E-state index < -0.39 is 0 Å². The number of hydrogen-bond acceptors (Lipinski definition) is 4. The van der Waals surface area contributed by atoms with E-state index in [1.165, 1.54) is 18.4 Å². The minimum Gasteiger partial charge on any atom is -0.465 e. The summed E-state index contributed by atoms with van der Waals surface area (Å²) >= 11 is 12.3. The van der Waals surface area contributed by atoms with Crippen molar-refractivity contribution >= 4 is 52.7 Å². The molecule has 0 atom stereocenters. The summed E-state index contributed by atoms with van der Waals surface area (Å²) in [4.78, 5) is 24.5. The molecule has 4 aromatic rings. The monoisotopic (exact) mass is 477 g/mol. The summed E-state index contributed by atoms with van der Waals surface area (Å²) in [6.45, 7) is 0. The van der Waals surface area contributed by atoms with Crippen molar-refractivity contribution in [2.24, 2.45) is 0 Å². The van der Waals surface area contributed by atoms with Crippen molar-refractivity contribution in [3.63, 3.8) is 0 Å². The maximum absolute atomic E-state index is 12.5. The van der Waals surface area contributed by atoms with Gasteiger partial charge in [0.15, 0.2) is 5.78 Å². The van der Waals surface area contributed by atoms with Crippen LogP contribution in [0.3, 0.4) is 0 Å². The van der Waals surface area contributed by atoms with Crippen LogP contribution < -0.4 is 5.32 Å². The fraction of sp³-hybridized carbons (Fsp3) is 0. The van der Waals surface area contributed by atoms with Crippen LogP contribution in [-0.4, -0.2) is 11.7 Å². The van der Waals surface area contributed by atoms with Gasteiger partial charge in [-0.3, -0.25) is 9.59 Å². The minimum atomic E-state index is -0.307. The SMILES string of the molecule is O=C(/C=C/c1ccco1)Nc1ccc(C(=O)/C=C/c2ccc(-c3cccc(Cl)c3Cl)o2)cc1. The molecule has 5 nitrogen and oxygen atoms in total. The predicted octanol–water partition coefficient (Wildman–Crippen LogP) is 7.39. The van der Waals surface area contributed by atoms with Crippen LogP contribution in [-0.2, 0) is 4.79 Å². The van der Waals surface area contributed by atoms with Gasteiger partial charge in [-0.25, -0.2) is 0 Å². The van der Waals surface area contributed by atoms with E-state index in [-0.39, 0.29) is 11.7 Å². The van der Waals surface area contributed by atoms with Gasteiger partial charge >= 0.3 is 0 Å². The summed E-state index contributed by atoms with van der Waals surface area (Å²) in [5.74, 6) is 1.12. The van der Waals surface area contributed by atoms with Crippen molar-refractivity contribution in [1.29, 1.82) is 0 Å². The van der Waals surface area contributed by atoms with Crippen LogP contribution in [0.25, 0.3) is 23.5 Å². The zero-order chi connectivity index (χ0) is 23.2. The second kappa shape index (κ2) is 10.2. The summed E-state index contributed by atoms with van der Waals surface area (Å²) in [5.41, 5.74) is 1.71. The first-order valence-electron chi connectivity index (χ1n) is 9.89. The lowest BCUT2D eigenvalue weighted by molar-refractivity contribution is -0.111. The first-order valence-corrected chi connectivity index (χ1v) is 10.6. The van der Waals surface area contributed by atoms with Crippen LogP contribution >= 0.6 is 23.2 Å². The molecule has 0 unspecified atom stereocenters. The largest absolute Gasteiger partial charge is 0.465 e. The second-order valence-electron chi connectivity index (χ2n) is 6.92. The van der Waals surface area contributed by atoms with Gasteiger partial charge in [0, 0.05) is 22.9 Å². The third-order valence-corrected chi connectivity index (χ3v) is 5.44. The lowest BCUT2D eigenvalue weighted by Crippen LogP contribution is -2.07. The highest BCUT2D eigenvalue weighted by molar-refractivity contribution is 6.43. The number of hydrogen-bond donors (Lipinski definition) is 1. The molecule has 1 N–H and O–H groups in total. The molecule has 1 amide bonds. The minimum absolute atomic E-state index is 0.204. The van der Waals surface area contributed by atoms with Crippen LogP contribution in [0.2, 0.25) is 10.0 Å². The van der Waals surface area contributed by atoms with Gasteiger partial charge in [0.05, 0.1) is 16.3 Å². The molecule has 7 heteroatoms. The molecule has 0 aliphatic rings. The summed E-state index contributed by atoms with van der Waals surface area (Å²) in [5, 5.41) is 3.57. The maximum atomic E-state index is 12.5. The van der Waals surface area contributed by atoms with E-state index in [2.05, 4.69) is 5.32 Å². The fourth-order valence-corrected chi connectivity index (χ4v) is 3.37. The van der Waals surface area contributed by atoms with Gasteiger partial charge in [-0.2, -0.15) is 0 Å². The molecule has 0 fully saturated rings. The van der Waals surface area contributed by atoms with E-state index in [1.54, 1.807) is 78.9 Å². The third kappa shape index (κ3) is 5.71. The molecule has 2 heterocycles. The molecule has 0 radical (unpaired) electrons. The smallest absolute Gasteiger partial charge is 0.248 e. The Kier molecular flexibility index (Phi) is 6.93. The molecule has 0 saturated carbocycles. The molecule has 2 aromatic carbocycles. The first-order chi connectivity index (χ1) is 16.0. The summed E-state index contributed by atoms with van der Waals surface area (Å²) < 4.78 is 10.9. The highest BCUT2D eigenvalue weighted by Gasteiger charge is 2.10. The normalized spacial score (nSPS) is 11.3. The lowest BCUT2D eigenvalue weighted by Gasteiger charge is -2.03. The summed E-state index contributed by atoms with van der Waals surface area (Å²) in [6.07, 6.45) is 7.47. The van der Waals surface area contributed by atoms with Crippen molar-refractivity contribution in [2.45, 2.75) is 0 Å². The molecule has 4 rings (SSSR count). The average Bonchev–Trinajstić information content (AvgIpc) is 3.51. The van der Waals surface area contributed by atoms with E-state index in [9.17, 15) is 9.59 Å². The van der Waals surface area contributed by atoms with Gasteiger partial charge in [0.25, 0.3) is 0 Å².